The van der Waals surface area contributed by atoms with Crippen molar-refractivity contribution in [1.29, 1.82) is 0 Å². The number of thiazole rings is 1. The van der Waals surface area contributed by atoms with Gasteiger partial charge in [0.25, 0.3) is 11.8 Å². The van der Waals surface area contributed by atoms with E-state index >= 15 is 0 Å². The molecule has 0 aliphatic carbocycles. The Morgan fingerprint density at radius 3 is 2.65 bits per heavy atom. The van der Waals surface area contributed by atoms with Gasteiger partial charge in [-0.3, -0.25) is 9.59 Å². The van der Waals surface area contributed by atoms with Crippen LogP contribution in [0.15, 0.2) is 53.9 Å². The fourth-order valence-electron chi connectivity index (χ4n) is 4.92. The highest BCUT2D eigenvalue weighted by atomic mass is 32.1. The molecule has 37 heavy (non-hydrogen) atoms. The van der Waals surface area contributed by atoms with E-state index < -0.39 is 0 Å². The number of aryl methyl sites for hydroxylation is 1. The molecule has 6 rings (SSSR count). The van der Waals surface area contributed by atoms with Gasteiger partial charge in [0.1, 0.15) is 5.01 Å². The van der Waals surface area contributed by atoms with Gasteiger partial charge in [0.2, 0.25) is 0 Å². The largest absolute Gasteiger partial charge is 0.378 e. The van der Waals surface area contributed by atoms with Gasteiger partial charge in [0, 0.05) is 52.2 Å². The van der Waals surface area contributed by atoms with E-state index in [1.807, 2.05) is 78.7 Å². The molecule has 0 spiro atoms. The molecule has 8 heteroatoms. The first-order valence-electron chi connectivity index (χ1n) is 12.2. The van der Waals surface area contributed by atoms with E-state index in [-0.39, 0.29) is 11.8 Å². The molecule has 2 amide bonds. The molecule has 2 N–H and O–H groups in total. The maximum Gasteiger partial charge on any atom is 0.256 e. The lowest BCUT2D eigenvalue weighted by Gasteiger charge is -2.27. The van der Waals surface area contributed by atoms with Crippen LogP contribution in [-0.4, -0.2) is 53.0 Å². The number of benzene rings is 2. The van der Waals surface area contributed by atoms with E-state index in [0.29, 0.717) is 37.4 Å². The minimum Gasteiger partial charge on any atom is -0.378 e. The van der Waals surface area contributed by atoms with Gasteiger partial charge in [-0.05, 0) is 31.6 Å². The van der Waals surface area contributed by atoms with Crippen LogP contribution in [0, 0.1) is 13.8 Å². The number of nitrogens with zero attached hydrogens (tertiary/aromatic N) is 2. The van der Waals surface area contributed by atoms with Gasteiger partial charge in [-0.25, -0.2) is 4.98 Å². The number of hydrogen-bond donors (Lipinski definition) is 2. The van der Waals surface area contributed by atoms with Crippen LogP contribution in [0.2, 0.25) is 0 Å². The van der Waals surface area contributed by atoms with Gasteiger partial charge >= 0.3 is 0 Å². The Morgan fingerprint density at radius 2 is 1.86 bits per heavy atom. The van der Waals surface area contributed by atoms with E-state index in [1.54, 1.807) is 11.3 Å². The quantitative estimate of drug-likeness (QED) is 0.361. The minimum absolute atomic E-state index is 0.00162. The Balaban J connectivity index is 1.30. The Kier molecular flexibility index (Phi) is 5.98. The normalized spacial score (nSPS) is 16.2. The lowest BCUT2D eigenvalue weighted by molar-refractivity contribution is -0.110. The van der Waals surface area contributed by atoms with Crippen LogP contribution < -0.4 is 5.32 Å². The fraction of sp³-hybridized carbons (Fsp3) is 0.207. The number of aromatic amines is 1. The highest BCUT2D eigenvalue weighted by Crippen LogP contribution is 2.38. The first-order chi connectivity index (χ1) is 18.0. The van der Waals surface area contributed by atoms with Crippen LogP contribution in [0.25, 0.3) is 33.5 Å². The smallest absolute Gasteiger partial charge is 0.256 e. The van der Waals surface area contributed by atoms with E-state index in [2.05, 4.69) is 10.3 Å². The summed E-state index contributed by atoms with van der Waals surface area (Å²) in [6.45, 7) is 6.10. The summed E-state index contributed by atoms with van der Waals surface area (Å²) in [6.07, 6.45) is 1.84. The maximum absolute atomic E-state index is 13.2. The number of nitrogens with one attached hydrogen (secondary N) is 2. The van der Waals surface area contributed by atoms with Crippen LogP contribution >= 0.6 is 11.3 Å². The first-order valence-corrected chi connectivity index (χ1v) is 13.1. The number of morpholine rings is 1. The molecule has 2 aliphatic rings. The van der Waals surface area contributed by atoms with Gasteiger partial charge in [-0.15, -0.1) is 11.3 Å². The minimum atomic E-state index is -0.164. The van der Waals surface area contributed by atoms with Gasteiger partial charge in [-0.2, -0.15) is 0 Å². The van der Waals surface area contributed by atoms with E-state index in [9.17, 15) is 9.59 Å². The summed E-state index contributed by atoms with van der Waals surface area (Å²) in [5.41, 5.74) is 8.14. The van der Waals surface area contributed by atoms with Gasteiger partial charge in [0.05, 0.1) is 30.0 Å². The maximum atomic E-state index is 13.2. The van der Waals surface area contributed by atoms with Crippen molar-refractivity contribution < 1.29 is 14.3 Å². The third-order valence-corrected chi connectivity index (χ3v) is 7.79. The number of aromatic nitrogens is 2. The third-order valence-electron chi connectivity index (χ3n) is 6.90. The second-order valence-corrected chi connectivity index (χ2v) is 10.1. The van der Waals surface area contributed by atoms with Crippen LogP contribution in [-0.2, 0) is 9.53 Å². The molecule has 0 unspecified atom stereocenters. The monoisotopic (exact) mass is 510 g/mol. The molecule has 1 fully saturated rings. The summed E-state index contributed by atoms with van der Waals surface area (Å²) in [6, 6.07) is 16.0. The molecule has 0 saturated carbocycles. The van der Waals surface area contributed by atoms with Crippen LogP contribution in [0.3, 0.4) is 0 Å². The Morgan fingerprint density at radius 1 is 1.08 bits per heavy atom. The lowest BCUT2D eigenvalue weighted by atomic mass is 10.0. The van der Waals surface area contributed by atoms with Crippen molar-refractivity contribution in [1.82, 2.24) is 14.9 Å². The average Bonchev–Trinajstić information content (AvgIpc) is 3.61. The topological polar surface area (TPSA) is 87.3 Å². The molecule has 2 aromatic heterocycles. The van der Waals surface area contributed by atoms with Crippen molar-refractivity contribution in [3.05, 3.63) is 82.0 Å². The molecule has 4 aromatic rings. The van der Waals surface area contributed by atoms with Crippen molar-refractivity contribution in [2.75, 3.05) is 31.6 Å². The van der Waals surface area contributed by atoms with E-state index in [4.69, 9.17) is 9.72 Å². The summed E-state index contributed by atoms with van der Waals surface area (Å²) in [5.74, 6) is -0.165. The van der Waals surface area contributed by atoms with Gasteiger partial charge in [-0.1, -0.05) is 42.5 Å². The molecule has 0 radical (unpaired) electrons. The molecule has 186 valence electrons. The summed E-state index contributed by atoms with van der Waals surface area (Å²) in [5, 5.41) is 5.99. The highest BCUT2D eigenvalue weighted by Gasteiger charge is 2.28. The SMILES string of the molecule is Cc1[nH]c(C=C2C(=O)Nc3cc(-c4csc(-c5ccccc5)n4)ccc32)c(C)c1C(=O)N1CCOCC1. The van der Waals surface area contributed by atoms with Gasteiger partial charge < -0.3 is 19.9 Å². The molecular formula is C29H26N4O3S. The molecule has 0 atom stereocenters. The number of H-pyrrole nitrogens is 1. The first kappa shape index (κ1) is 23.4. The predicted molar refractivity (Wildman–Crippen MR) is 146 cm³/mol. The van der Waals surface area contributed by atoms with Crippen molar-refractivity contribution >= 4 is 40.5 Å². The standard InChI is InChI=1S/C29H26N4O3S/c1-17-23(30-18(2)26(17)29(35)33-10-12-36-13-11-33)15-22-21-9-8-20(14-24(21)31-27(22)34)25-16-37-28(32-25)19-6-4-3-5-7-19/h3-9,14-16,30H,10-13H2,1-2H3,(H,31,34). The number of anilines is 1. The number of carbonyl (C=O) groups is 2. The van der Waals surface area contributed by atoms with Crippen molar-refractivity contribution in [2.45, 2.75) is 13.8 Å². The zero-order chi connectivity index (χ0) is 25.5. The molecule has 4 heterocycles. The molecule has 2 aliphatic heterocycles. The second-order valence-electron chi connectivity index (χ2n) is 9.24. The number of ether oxygens (including phenoxy) is 1. The van der Waals surface area contributed by atoms with Crippen LogP contribution in [0.5, 0.6) is 0 Å². The van der Waals surface area contributed by atoms with Gasteiger partial charge in [0.15, 0.2) is 0 Å². The number of amides is 2. The molecule has 0 bridgehead atoms. The molecule has 7 nitrogen and oxygen atoms in total. The predicted octanol–water partition coefficient (Wildman–Crippen LogP) is 5.39. The summed E-state index contributed by atoms with van der Waals surface area (Å²) >= 11 is 1.60. The van der Waals surface area contributed by atoms with Crippen LogP contribution in [0.4, 0.5) is 5.69 Å². The fourth-order valence-corrected chi connectivity index (χ4v) is 5.76. The molecular weight excluding hydrogens is 484 g/mol. The average molecular weight is 511 g/mol. The zero-order valence-electron chi connectivity index (χ0n) is 20.6. The molecule has 1 saturated heterocycles. The highest BCUT2D eigenvalue weighted by molar-refractivity contribution is 7.13. The molecule has 2 aromatic carbocycles. The van der Waals surface area contributed by atoms with Crippen molar-refractivity contribution in [3.63, 3.8) is 0 Å². The number of hydrogen-bond acceptors (Lipinski definition) is 5. The summed E-state index contributed by atoms with van der Waals surface area (Å²) in [4.78, 5) is 36.1. The van der Waals surface area contributed by atoms with Crippen molar-refractivity contribution in [3.8, 4) is 21.8 Å². The number of rotatable bonds is 4. The Labute approximate surface area is 218 Å². The third kappa shape index (κ3) is 4.28. The lowest BCUT2D eigenvalue weighted by Crippen LogP contribution is -2.41. The van der Waals surface area contributed by atoms with E-state index in [1.165, 1.54) is 0 Å². The zero-order valence-corrected chi connectivity index (χ0v) is 21.4. The Bertz CT molecular complexity index is 1540. The second kappa shape index (κ2) is 9.46. The van der Waals surface area contributed by atoms with Crippen LogP contribution in [0.1, 0.15) is 32.9 Å². The number of carbonyl (C=O) groups excluding carboxylic acids is 2. The number of fused-ring (bicyclic) bond motifs is 1. The summed E-state index contributed by atoms with van der Waals surface area (Å²) in [7, 11) is 0. The Hall–Kier alpha value is -4.01. The summed E-state index contributed by atoms with van der Waals surface area (Å²) < 4.78 is 5.38. The van der Waals surface area contributed by atoms with E-state index in [0.717, 1.165) is 50.0 Å². The van der Waals surface area contributed by atoms with Crippen molar-refractivity contribution in [2.24, 2.45) is 0 Å².